The maximum atomic E-state index is 13.7. The van der Waals surface area contributed by atoms with Crippen LogP contribution in [0.1, 0.15) is 17.0 Å². The number of hydrogen-bond acceptors (Lipinski definition) is 2. The van der Waals surface area contributed by atoms with E-state index in [0.717, 1.165) is 11.3 Å². The van der Waals surface area contributed by atoms with Gasteiger partial charge >= 0.3 is 0 Å². The zero-order valence-electron chi connectivity index (χ0n) is 11.7. The Morgan fingerprint density at radius 1 is 1.15 bits per heavy atom. The summed E-state index contributed by atoms with van der Waals surface area (Å²) in [4.78, 5) is 1.99. The molecule has 0 spiro atoms. The van der Waals surface area contributed by atoms with Gasteiger partial charge in [0.1, 0.15) is 5.82 Å². The van der Waals surface area contributed by atoms with Crippen LogP contribution in [0, 0.1) is 17.1 Å². The van der Waals surface area contributed by atoms with E-state index in [9.17, 15) is 9.65 Å². The molecule has 0 aliphatic heterocycles. The maximum absolute atomic E-state index is 13.7. The number of nitriles is 1. The van der Waals surface area contributed by atoms with Crippen molar-refractivity contribution in [3.05, 3.63) is 65.5 Å². The third-order valence-corrected chi connectivity index (χ3v) is 3.33. The van der Waals surface area contributed by atoms with E-state index < -0.39 is 0 Å². The lowest BCUT2D eigenvalue weighted by Gasteiger charge is -2.16. The fraction of sp³-hybridized carbons (Fsp3) is 0.235. The first kappa shape index (κ1) is 14.1. The summed E-state index contributed by atoms with van der Waals surface area (Å²) in [6, 6.07) is 16.7. The Morgan fingerprint density at radius 3 is 2.55 bits per heavy atom. The Bertz CT molecular complexity index is 629. The van der Waals surface area contributed by atoms with Gasteiger partial charge in [0.25, 0.3) is 0 Å². The third-order valence-electron chi connectivity index (χ3n) is 3.33. The Balaban J connectivity index is 2.27. The summed E-state index contributed by atoms with van der Waals surface area (Å²) in [6.07, 6.45) is 0.389. The molecule has 0 fully saturated rings. The van der Waals surface area contributed by atoms with E-state index in [-0.39, 0.29) is 11.7 Å². The van der Waals surface area contributed by atoms with Gasteiger partial charge in [-0.25, -0.2) is 4.39 Å². The molecule has 0 bridgehead atoms. The van der Waals surface area contributed by atoms with E-state index in [1.54, 1.807) is 18.2 Å². The molecule has 0 amide bonds. The van der Waals surface area contributed by atoms with Crippen LogP contribution in [0.25, 0.3) is 0 Å². The molecule has 2 aromatic carbocycles. The standard InChI is InChI=1S/C17H17FN2/c1-20(2)16-8-5-7-13(11-16)15(12-19)10-14-6-3-4-9-17(14)18/h3-9,11,15H,10H2,1-2H3. The van der Waals surface area contributed by atoms with E-state index in [0.29, 0.717) is 12.0 Å². The SMILES string of the molecule is CN(C)c1cccc(C(C#N)Cc2ccccc2F)c1. The highest BCUT2D eigenvalue weighted by molar-refractivity contribution is 5.49. The van der Waals surface area contributed by atoms with Crippen molar-refractivity contribution in [2.24, 2.45) is 0 Å². The maximum Gasteiger partial charge on any atom is 0.126 e. The second-order valence-corrected chi connectivity index (χ2v) is 4.97. The fourth-order valence-corrected chi connectivity index (χ4v) is 2.14. The number of rotatable bonds is 4. The van der Waals surface area contributed by atoms with E-state index >= 15 is 0 Å². The molecule has 2 nitrogen and oxygen atoms in total. The molecule has 0 heterocycles. The minimum absolute atomic E-state index is 0.253. The highest BCUT2D eigenvalue weighted by Gasteiger charge is 2.14. The molecule has 0 aliphatic carbocycles. The van der Waals surface area contributed by atoms with E-state index in [1.165, 1.54) is 6.07 Å². The first-order chi connectivity index (χ1) is 9.61. The van der Waals surface area contributed by atoms with Gasteiger partial charge in [-0.2, -0.15) is 5.26 Å². The molecule has 1 atom stereocenters. The second-order valence-electron chi connectivity index (χ2n) is 4.97. The highest BCUT2D eigenvalue weighted by atomic mass is 19.1. The van der Waals surface area contributed by atoms with Crippen LogP contribution >= 0.6 is 0 Å². The number of halogens is 1. The summed E-state index contributed by atoms with van der Waals surface area (Å²) in [5, 5.41) is 9.38. The van der Waals surface area contributed by atoms with E-state index in [1.807, 2.05) is 43.3 Å². The molecule has 2 aromatic rings. The van der Waals surface area contributed by atoms with Crippen molar-refractivity contribution in [3.8, 4) is 6.07 Å². The Kier molecular flexibility index (Phi) is 4.37. The van der Waals surface area contributed by atoms with Crippen LogP contribution < -0.4 is 4.90 Å². The zero-order chi connectivity index (χ0) is 14.5. The van der Waals surface area contributed by atoms with Crippen molar-refractivity contribution in [3.63, 3.8) is 0 Å². The van der Waals surface area contributed by atoms with Crippen LogP contribution in [0.4, 0.5) is 10.1 Å². The van der Waals surface area contributed by atoms with Gasteiger partial charge in [0.15, 0.2) is 0 Å². The Morgan fingerprint density at radius 2 is 1.90 bits per heavy atom. The molecule has 1 unspecified atom stereocenters. The average Bonchev–Trinajstić information content (AvgIpc) is 2.46. The molecular weight excluding hydrogens is 251 g/mol. The minimum atomic E-state index is -0.341. The lowest BCUT2D eigenvalue weighted by atomic mass is 9.92. The van der Waals surface area contributed by atoms with Gasteiger partial charge in [0, 0.05) is 19.8 Å². The molecule has 102 valence electrons. The molecule has 0 saturated carbocycles. The topological polar surface area (TPSA) is 27.0 Å². The van der Waals surface area contributed by atoms with Crippen molar-refractivity contribution in [2.45, 2.75) is 12.3 Å². The molecule has 2 rings (SSSR count). The average molecular weight is 268 g/mol. The van der Waals surface area contributed by atoms with Crippen LogP contribution in [-0.2, 0) is 6.42 Å². The summed E-state index contributed by atoms with van der Waals surface area (Å²) in [7, 11) is 3.91. The molecule has 0 radical (unpaired) electrons. The van der Waals surface area contributed by atoms with Gasteiger partial charge in [-0.05, 0) is 35.7 Å². The van der Waals surface area contributed by atoms with E-state index in [4.69, 9.17) is 0 Å². The quantitative estimate of drug-likeness (QED) is 0.844. The fourth-order valence-electron chi connectivity index (χ4n) is 2.14. The summed E-state index contributed by atoms with van der Waals surface area (Å²) >= 11 is 0. The van der Waals surface area contributed by atoms with Crippen molar-refractivity contribution in [1.82, 2.24) is 0 Å². The zero-order valence-corrected chi connectivity index (χ0v) is 11.7. The van der Waals surface area contributed by atoms with E-state index in [2.05, 4.69) is 6.07 Å². The summed E-state index contributed by atoms with van der Waals surface area (Å²) < 4.78 is 13.7. The summed E-state index contributed by atoms with van der Waals surface area (Å²) in [5.41, 5.74) is 2.53. The van der Waals surface area contributed by atoms with Crippen molar-refractivity contribution < 1.29 is 4.39 Å². The number of hydrogen-bond donors (Lipinski definition) is 0. The Hall–Kier alpha value is -2.34. The van der Waals surface area contributed by atoms with Gasteiger partial charge in [-0.15, -0.1) is 0 Å². The van der Waals surface area contributed by atoms with Gasteiger partial charge in [0.2, 0.25) is 0 Å². The van der Waals surface area contributed by atoms with Crippen LogP contribution in [0.15, 0.2) is 48.5 Å². The molecule has 0 aliphatic rings. The first-order valence-electron chi connectivity index (χ1n) is 6.52. The molecule has 0 N–H and O–H groups in total. The highest BCUT2D eigenvalue weighted by Crippen LogP contribution is 2.25. The third kappa shape index (κ3) is 3.16. The van der Waals surface area contributed by atoms with Crippen molar-refractivity contribution in [2.75, 3.05) is 19.0 Å². The van der Waals surface area contributed by atoms with Gasteiger partial charge in [-0.3, -0.25) is 0 Å². The predicted molar refractivity (Wildman–Crippen MR) is 79.2 cm³/mol. The Labute approximate surface area is 119 Å². The lowest BCUT2D eigenvalue weighted by Crippen LogP contribution is -2.10. The molecule has 0 aromatic heterocycles. The molecular formula is C17H17FN2. The van der Waals surface area contributed by atoms with Crippen molar-refractivity contribution in [1.29, 1.82) is 5.26 Å². The molecule has 0 saturated heterocycles. The van der Waals surface area contributed by atoms with Crippen LogP contribution in [0.2, 0.25) is 0 Å². The number of benzene rings is 2. The number of anilines is 1. The second kappa shape index (κ2) is 6.21. The minimum Gasteiger partial charge on any atom is -0.378 e. The summed E-state index contributed by atoms with van der Waals surface area (Å²) in [6.45, 7) is 0. The number of nitrogens with zero attached hydrogens (tertiary/aromatic N) is 2. The normalized spacial score (nSPS) is 11.7. The lowest BCUT2D eigenvalue weighted by molar-refractivity contribution is 0.604. The van der Waals surface area contributed by atoms with Gasteiger partial charge < -0.3 is 4.90 Å². The van der Waals surface area contributed by atoms with Gasteiger partial charge in [-0.1, -0.05) is 30.3 Å². The molecule has 3 heteroatoms. The van der Waals surface area contributed by atoms with Crippen LogP contribution in [-0.4, -0.2) is 14.1 Å². The van der Waals surface area contributed by atoms with Crippen LogP contribution in [0.3, 0.4) is 0 Å². The molecule has 20 heavy (non-hydrogen) atoms. The van der Waals surface area contributed by atoms with Crippen molar-refractivity contribution >= 4 is 5.69 Å². The summed E-state index contributed by atoms with van der Waals surface area (Å²) in [5.74, 6) is -0.594. The predicted octanol–water partition coefficient (Wildman–Crippen LogP) is 3.74. The largest absolute Gasteiger partial charge is 0.378 e. The van der Waals surface area contributed by atoms with Gasteiger partial charge in [0.05, 0.1) is 12.0 Å². The van der Waals surface area contributed by atoms with Crippen LogP contribution in [0.5, 0.6) is 0 Å². The first-order valence-corrected chi connectivity index (χ1v) is 6.52. The monoisotopic (exact) mass is 268 g/mol. The smallest absolute Gasteiger partial charge is 0.126 e.